The summed E-state index contributed by atoms with van der Waals surface area (Å²) < 4.78 is 11.5. The van der Waals surface area contributed by atoms with Gasteiger partial charge in [-0.1, -0.05) is 12.1 Å². The molecule has 3 fully saturated rings. The molecule has 6 rings (SSSR count). The summed E-state index contributed by atoms with van der Waals surface area (Å²) in [6.07, 6.45) is 6.09. The molecule has 2 aromatic carbocycles. The van der Waals surface area contributed by atoms with Gasteiger partial charge < -0.3 is 25.1 Å². The molecule has 3 aliphatic rings. The number of nitrogens with zero attached hydrogens (tertiary/aromatic N) is 2. The Balaban J connectivity index is 1.25. The van der Waals surface area contributed by atoms with E-state index in [1.54, 1.807) is 14.2 Å². The second-order valence-electron chi connectivity index (χ2n) is 12.1. The monoisotopic (exact) mass is 541 g/mol. The molecule has 3 N–H and O–H groups in total. The van der Waals surface area contributed by atoms with Gasteiger partial charge in [0.05, 0.1) is 13.2 Å². The first kappa shape index (κ1) is 26.8. The van der Waals surface area contributed by atoms with E-state index < -0.39 is 0 Å². The zero-order valence-corrected chi connectivity index (χ0v) is 23.7. The molecule has 2 aliphatic heterocycles. The molecule has 1 amide bonds. The van der Waals surface area contributed by atoms with Gasteiger partial charge in [-0.2, -0.15) is 5.26 Å². The Hall–Kier alpha value is -3.38. The molecule has 0 bridgehead atoms. The smallest absolute Gasteiger partial charge is 0.251 e. The van der Waals surface area contributed by atoms with Gasteiger partial charge in [0.25, 0.3) is 5.91 Å². The number of nitriles is 1. The number of aromatic nitrogens is 1. The quantitative estimate of drug-likeness (QED) is 0.389. The van der Waals surface area contributed by atoms with Crippen molar-refractivity contribution in [1.29, 1.82) is 5.26 Å². The Labute approximate surface area is 236 Å². The number of H-pyrrole nitrogens is 1. The topological polar surface area (TPSA) is 102 Å². The fraction of sp³-hybridized carbons (Fsp3) is 0.500. The van der Waals surface area contributed by atoms with Crippen molar-refractivity contribution in [3.63, 3.8) is 0 Å². The number of carbonyl (C=O) groups excluding carboxylic acids is 1. The van der Waals surface area contributed by atoms with Crippen LogP contribution in [0.4, 0.5) is 0 Å². The van der Waals surface area contributed by atoms with E-state index in [1.807, 2.05) is 18.3 Å². The number of ether oxygens (including phenoxy) is 2. The van der Waals surface area contributed by atoms with E-state index in [-0.39, 0.29) is 28.9 Å². The largest absolute Gasteiger partial charge is 0.496 e. The molecule has 1 atom stereocenters. The van der Waals surface area contributed by atoms with Gasteiger partial charge in [0, 0.05) is 73.5 Å². The van der Waals surface area contributed by atoms with E-state index in [1.165, 1.54) is 22.1 Å². The first-order valence-corrected chi connectivity index (χ1v) is 14.3. The number of rotatable bonds is 8. The van der Waals surface area contributed by atoms with Crippen LogP contribution in [0.2, 0.25) is 0 Å². The summed E-state index contributed by atoms with van der Waals surface area (Å²) in [6.45, 7) is 5.82. The first-order valence-electron chi connectivity index (χ1n) is 14.3. The molecule has 0 radical (unpaired) electrons. The molecule has 8 nitrogen and oxygen atoms in total. The lowest BCUT2D eigenvalue weighted by molar-refractivity contribution is -0.0477. The Morgan fingerprint density at radius 1 is 1.18 bits per heavy atom. The average Bonchev–Trinajstić information content (AvgIpc) is 3.44. The van der Waals surface area contributed by atoms with E-state index in [0.29, 0.717) is 12.1 Å². The minimum atomic E-state index is -0.307. The van der Waals surface area contributed by atoms with Crippen molar-refractivity contribution in [3.05, 3.63) is 64.8 Å². The van der Waals surface area contributed by atoms with Gasteiger partial charge in [-0.15, -0.1) is 0 Å². The number of piperidine rings is 1. The molecule has 1 aliphatic carbocycles. The summed E-state index contributed by atoms with van der Waals surface area (Å²) in [5.74, 6) is 1.01. The Morgan fingerprint density at radius 3 is 2.60 bits per heavy atom. The van der Waals surface area contributed by atoms with Crippen LogP contribution in [-0.4, -0.2) is 61.8 Å². The van der Waals surface area contributed by atoms with Crippen molar-refractivity contribution in [2.75, 3.05) is 40.4 Å². The second kappa shape index (κ2) is 10.5. The normalized spacial score (nSPS) is 25.6. The molecule has 3 heterocycles. The summed E-state index contributed by atoms with van der Waals surface area (Å²) in [7, 11) is 3.44. The molecule has 1 unspecified atom stereocenters. The number of carbonyl (C=O) groups is 1. The molecular weight excluding hydrogens is 502 g/mol. The number of hydrogen-bond donors (Lipinski definition) is 3. The van der Waals surface area contributed by atoms with Crippen LogP contribution < -0.4 is 15.4 Å². The Kier molecular flexibility index (Phi) is 7.07. The lowest BCUT2D eigenvalue weighted by Crippen LogP contribution is -2.65. The fourth-order valence-electron chi connectivity index (χ4n) is 7.07. The molecule has 1 saturated carbocycles. The van der Waals surface area contributed by atoms with Crippen LogP contribution in [0.1, 0.15) is 58.8 Å². The molecule has 8 heteroatoms. The van der Waals surface area contributed by atoms with E-state index in [0.717, 1.165) is 63.1 Å². The van der Waals surface area contributed by atoms with Gasteiger partial charge in [-0.05, 0) is 80.0 Å². The van der Waals surface area contributed by atoms with Gasteiger partial charge in [0.2, 0.25) is 0 Å². The van der Waals surface area contributed by atoms with Gasteiger partial charge in [0.15, 0.2) is 0 Å². The highest BCUT2D eigenvalue weighted by Gasteiger charge is 2.49. The van der Waals surface area contributed by atoms with Crippen LogP contribution in [0.25, 0.3) is 10.9 Å². The van der Waals surface area contributed by atoms with E-state index in [9.17, 15) is 10.1 Å². The minimum absolute atomic E-state index is 0.0815. The number of likely N-dealkylation sites (tertiary alicyclic amines) is 1. The molecule has 1 spiro atoms. The van der Waals surface area contributed by atoms with E-state index in [4.69, 9.17) is 9.47 Å². The summed E-state index contributed by atoms with van der Waals surface area (Å²) >= 11 is 0. The van der Waals surface area contributed by atoms with E-state index >= 15 is 0 Å². The second-order valence-corrected chi connectivity index (χ2v) is 12.1. The van der Waals surface area contributed by atoms with Crippen LogP contribution >= 0.6 is 0 Å². The van der Waals surface area contributed by atoms with Gasteiger partial charge in [-0.25, -0.2) is 0 Å². The molecule has 210 valence electrons. The van der Waals surface area contributed by atoms with Crippen molar-refractivity contribution < 1.29 is 14.3 Å². The molecule has 2 saturated heterocycles. The SMILES string of the molecule is COc1cc(C)c2[nH]ccc2c1CN1CCC2(CC(C#N)C2)CC1c1ccc(C(=O)NCC2(OC)CNC2)cc1. The molecule has 3 aromatic rings. The predicted octanol–water partition coefficient (Wildman–Crippen LogP) is 4.46. The number of aromatic amines is 1. The number of hydrogen-bond acceptors (Lipinski definition) is 6. The van der Waals surface area contributed by atoms with Gasteiger partial charge >= 0.3 is 0 Å². The average molecular weight is 542 g/mol. The third kappa shape index (κ3) is 4.77. The number of amides is 1. The number of fused-ring (bicyclic) bond motifs is 1. The van der Waals surface area contributed by atoms with Crippen molar-refractivity contribution in [2.45, 2.75) is 50.8 Å². The minimum Gasteiger partial charge on any atom is -0.496 e. The van der Waals surface area contributed by atoms with Gasteiger partial charge in [-0.3, -0.25) is 9.69 Å². The van der Waals surface area contributed by atoms with Crippen LogP contribution in [0.3, 0.4) is 0 Å². The van der Waals surface area contributed by atoms with Crippen LogP contribution in [0.5, 0.6) is 5.75 Å². The number of aryl methyl sites for hydroxylation is 1. The lowest BCUT2D eigenvalue weighted by Gasteiger charge is -2.53. The Bertz CT molecular complexity index is 1420. The highest BCUT2D eigenvalue weighted by Crippen LogP contribution is 2.56. The summed E-state index contributed by atoms with van der Waals surface area (Å²) in [5, 5.41) is 16.9. The maximum absolute atomic E-state index is 12.9. The number of nitrogens with one attached hydrogen (secondary N) is 3. The third-order valence-electron chi connectivity index (χ3n) is 9.69. The highest BCUT2D eigenvalue weighted by atomic mass is 16.5. The van der Waals surface area contributed by atoms with Crippen molar-refractivity contribution in [1.82, 2.24) is 20.5 Å². The van der Waals surface area contributed by atoms with Crippen LogP contribution in [-0.2, 0) is 11.3 Å². The van der Waals surface area contributed by atoms with Crippen LogP contribution in [0, 0.1) is 29.6 Å². The molecule has 1 aromatic heterocycles. The fourth-order valence-corrected chi connectivity index (χ4v) is 7.07. The van der Waals surface area contributed by atoms with Crippen molar-refractivity contribution in [2.24, 2.45) is 11.3 Å². The zero-order chi connectivity index (χ0) is 27.9. The number of benzene rings is 2. The summed E-state index contributed by atoms with van der Waals surface area (Å²) in [5.41, 5.74) is 5.31. The predicted molar refractivity (Wildman–Crippen MR) is 154 cm³/mol. The Morgan fingerprint density at radius 2 is 1.95 bits per heavy atom. The molecular formula is C32H39N5O3. The van der Waals surface area contributed by atoms with Crippen molar-refractivity contribution >= 4 is 16.8 Å². The van der Waals surface area contributed by atoms with Gasteiger partial charge in [0.1, 0.15) is 11.4 Å². The third-order valence-corrected chi connectivity index (χ3v) is 9.69. The maximum atomic E-state index is 12.9. The van der Waals surface area contributed by atoms with Crippen LogP contribution in [0.15, 0.2) is 42.6 Å². The lowest BCUT2D eigenvalue weighted by atomic mass is 9.56. The maximum Gasteiger partial charge on any atom is 0.251 e. The van der Waals surface area contributed by atoms with Crippen molar-refractivity contribution in [3.8, 4) is 11.8 Å². The standard InChI is InChI=1S/C32H39N5O3/c1-21-12-28(39-2)26(25-8-10-35-29(21)25)17-37-11-9-31(13-22(14-31)16-33)15-27(37)23-4-6-24(7-5-23)30(38)36-20-32(40-3)18-34-19-32/h4-8,10,12,22,27,34-35H,9,11,13-15,17-20H2,1-3H3,(H,36,38). The zero-order valence-electron chi connectivity index (χ0n) is 23.7. The van der Waals surface area contributed by atoms with E-state index in [2.05, 4.69) is 57.8 Å². The summed E-state index contributed by atoms with van der Waals surface area (Å²) in [6, 6.07) is 15.1. The summed E-state index contributed by atoms with van der Waals surface area (Å²) in [4.78, 5) is 18.9. The first-order chi connectivity index (χ1) is 19.4. The molecule has 40 heavy (non-hydrogen) atoms. The highest BCUT2D eigenvalue weighted by molar-refractivity contribution is 5.94. The number of methoxy groups -OCH3 is 2.